The van der Waals surface area contributed by atoms with Gasteiger partial charge in [0.05, 0.1) is 24.3 Å². The van der Waals surface area contributed by atoms with Crippen LogP contribution in [0.1, 0.15) is 55.3 Å². The first-order valence-corrected chi connectivity index (χ1v) is 10.5. The van der Waals surface area contributed by atoms with Crippen molar-refractivity contribution in [3.05, 3.63) is 34.6 Å². The number of esters is 1. The predicted octanol–water partition coefficient (Wildman–Crippen LogP) is 2.92. The molecular formula is C22H29FN2O5. The molecule has 8 heteroatoms. The molecule has 4 rings (SSSR count). The van der Waals surface area contributed by atoms with Crippen LogP contribution >= 0.6 is 0 Å². The van der Waals surface area contributed by atoms with Gasteiger partial charge in [0.25, 0.3) is 0 Å². The Labute approximate surface area is 176 Å². The number of benzene rings is 1. The number of ether oxygens (including phenoxy) is 3. The van der Waals surface area contributed by atoms with E-state index >= 15 is 4.39 Å². The molecule has 3 heterocycles. The molecule has 1 aromatic carbocycles. The van der Waals surface area contributed by atoms with Crippen LogP contribution in [0.4, 0.5) is 9.18 Å². The Morgan fingerprint density at radius 3 is 2.73 bits per heavy atom. The molecule has 0 aliphatic carbocycles. The first-order chi connectivity index (χ1) is 14.1. The van der Waals surface area contributed by atoms with E-state index in [1.54, 1.807) is 24.0 Å². The molecule has 3 atom stereocenters. The summed E-state index contributed by atoms with van der Waals surface area (Å²) in [5.74, 6) is -0.844. The van der Waals surface area contributed by atoms with Crippen molar-refractivity contribution in [2.24, 2.45) is 0 Å². The third kappa shape index (κ3) is 4.16. The van der Waals surface area contributed by atoms with Crippen LogP contribution in [0.25, 0.3) is 0 Å². The molecular weight excluding hydrogens is 391 g/mol. The van der Waals surface area contributed by atoms with Gasteiger partial charge in [0, 0.05) is 43.7 Å². The minimum absolute atomic E-state index is 0.0539. The molecule has 0 spiro atoms. The molecule has 30 heavy (non-hydrogen) atoms. The topological polar surface area (TPSA) is 68.3 Å². The summed E-state index contributed by atoms with van der Waals surface area (Å²) >= 11 is 0. The van der Waals surface area contributed by atoms with Crippen LogP contribution in [0.5, 0.6) is 0 Å². The fraction of sp³-hybridized carbons (Fsp3) is 0.636. The molecule has 7 nitrogen and oxygen atoms in total. The molecule has 0 unspecified atom stereocenters. The Hall–Kier alpha value is -2.19. The lowest BCUT2D eigenvalue weighted by molar-refractivity contribution is -0.0916. The summed E-state index contributed by atoms with van der Waals surface area (Å²) in [6, 6.07) is 3.32. The highest BCUT2D eigenvalue weighted by molar-refractivity contribution is 5.92. The third-order valence-corrected chi connectivity index (χ3v) is 5.79. The van der Waals surface area contributed by atoms with E-state index in [1.807, 2.05) is 20.8 Å². The molecule has 1 amide bonds. The van der Waals surface area contributed by atoms with Crippen molar-refractivity contribution in [1.82, 2.24) is 9.80 Å². The summed E-state index contributed by atoms with van der Waals surface area (Å²) in [6.07, 6.45) is -0.698. The van der Waals surface area contributed by atoms with Crippen molar-refractivity contribution in [1.29, 1.82) is 0 Å². The maximum atomic E-state index is 15.3. The fourth-order valence-electron chi connectivity index (χ4n) is 4.32. The number of morpholine rings is 1. The van der Waals surface area contributed by atoms with Crippen molar-refractivity contribution in [3.8, 4) is 0 Å². The van der Waals surface area contributed by atoms with Crippen molar-refractivity contribution in [3.63, 3.8) is 0 Å². The molecule has 3 aliphatic heterocycles. The maximum Gasteiger partial charge on any atom is 0.410 e. The van der Waals surface area contributed by atoms with Crippen molar-refractivity contribution in [2.75, 3.05) is 32.8 Å². The van der Waals surface area contributed by atoms with Crippen LogP contribution < -0.4 is 0 Å². The van der Waals surface area contributed by atoms with Crippen LogP contribution in [0, 0.1) is 5.82 Å². The number of halogens is 1. The van der Waals surface area contributed by atoms with Gasteiger partial charge in [-0.15, -0.1) is 0 Å². The number of hydrogen-bond acceptors (Lipinski definition) is 6. The smallest absolute Gasteiger partial charge is 0.410 e. The number of carbonyl (C=O) groups is 2. The van der Waals surface area contributed by atoms with Crippen molar-refractivity contribution >= 4 is 12.1 Å². The van der Waals surface area contributed by atoms with Gasteiger partial charge in [0.1, 0.15) is 17.5 Å². The van der Waals surface area contributed by atoms with Gasteiger partial charge in [-0.2, -0.15) is 0 Å². The number of piperazine rings is 1. The van der Waals surface area contributed by atoms with E-state index in [0.29, 0.717) is 55.9 Å². The Balaban J connectivity index is 1.44. The summed E-state index contributed by atoms with van der Waals surface area (Å²) in [5.41, 5.74) is 0.658. The lowest BCUT2D eigenvalue weighted by Gasteiger charge is -2.46. The largest absolute Gasteiger partial charge is 0.459 e. The highest BCUT2D eigenvalue weighted by atomic mass is 19.1. The highest BCUT2D eigenvalue weighted by Crippen LogP contribution is 2.33. The molecule has 0 radical (unpaired) electrons. The molecule has 2 fully saturated rings. The van der Waals surface area contributed by atoms with Gasteiger partial charge in [-0.1, -0.05) is 6.07 Å². The fourth-order valence-corrected chi connectivity index (χ4v) is 4.32. The molecule has 0 saturated carbocycles. The lowest BCUT2D eigenvalue weighted by Crippen LogP contribution is -2.60. The molecule has 164 valence electrons. The number of rotatable bonds is 1. The maximum absolute atomic E-state index is 15.3. The monoisotopic (exact) mass is 420 g/mol. The number of amides is 1. The second kappa shape index (κ2) is 7.81. The molecule has 1 aromatic rings. The minimum atomic E-state index is -0.531. The Morgan fingerprint density at radius 2 is 2.00 bits per heavy atom. The standard InChI is InChI=1S/C22H29FN2O5/c1-13-9-17-15(20(26)29-13)5-6-16(19(17)23)18-11-24-7-8-25(10-14(24)12-28-18)21(27)30-22(2,3)4/h5-6,13-14,18H,7-12H2,1-4H3/t13-,14-,18-/m0/s1. The Bertz CT molecular complexity index is 853. The van der Waals surface area contributed by atoms with E-state index in [1.165, 1.54) is 0 Å². The molecule has 3 aliphatic rings. The SMILES string of the molecule is C[C@H]1Cc2c(ccc([C@@H]3CN4CCN(C(=O)OC(C)(C)C)C[C@H]4CO3)c2F)C(=O)O1. The summed E-state index contributed by atoms with van der Waals surface area (Å²) in [5, 5.41) is 0. The summed E-state index contributed by atoms with van der Waals surface area (Å²) in [6.45, 7) is 10.0. The number of fused-ring (bicyclic) bond motifs is 2. The zero-order valence-corrected chi connectivity index (χ0v) is 17.9. The quantitative estimate of drug-likeness (QED) is 0.651. The van der Waals surface area contributed by atoms with Crippen LogP contribution in [-0.2, 0) is 20.6 Å². The van der Waals surface area contributed by atoms with E-state index in [0.717, 1.165) is 0 Å². The first kappa shape index (κ1) is 21.1. The number of nitrogens with zero attached hydrogens (tertiary/aromatic N) is 2. The van der Waals surface area contributed by atoms with Gasteiger partial charge in [-0.3, -0.25) is 4.90 Å². The molecule has 0 aromatic heterocycles. The third-order valence-electron chi connectivity index (χ3n) is 5.79. The lowest BCUT2D eigenvalue weighted by atomic mass is 9.93. The van der Waals surface area contributed by atoms with E-state index in [2.05, 4.69) is 4.90 Å². The van der Waals surface area contributed by atoms with Crippen LogP contribution in [0.15, 0.2) is 12.1 Å². The minimum Gasteiger partial charge on any atom is -0.459 e. The number of cyclic esters (lactones) is 1. The molecule has 0 bridgehead atoms. The first-order valence-electron chi connectivity index (χ1n) is 10.5. The summed E-state index contributed by atoms with van der Waals surface area (Å²) in [7, 11) is 0. The van der Waals surface area contributed by atoms with Gasteiger partial charge < -0.3 is 19.1 Å². The predicted molar refractivity (Wildman–Crippen MR) is 107 cm³/mol. The summed E-state index contributed by atoms with van der Waals surface area (Å²) in [4.78, 5) is 28.3. The van der Waals surface area contributed by atoms with Gasteiger partial charge in [-0.05, 0) is 33.8 Å². The zero-order valence-electron chi connectivity index (χ0n) is 17.9. The summed E-state index contributed by atoms with van der Waals surface area (Å²) < 4.78 is 31.9. The van der Waals surface area contributed by atoms with Gasteiger partial charge in [0.15, 0.2) is 0 Å². The second-order valence-corrected chi connectivity index (χ2v) is 9.31. The average molecular weight is 420 g/mol. The van der Waals surface area contributed by atoms with E-state index < -0.39 is 17.7 Å². The van der Waals surface area contributed by atoms with E-state index in [-0.39, 0.29) is 24.1 Å². The van der Waals surface area contributed by atoms with E-state index in [9.17, 15) is 9.59 Å². The molecule has 2 saturated heterocycles. The molecule has 0 N–H and O–H groups in total. The van der Waals surface area contributed by atoms with Crippen LogP contribution in [0.3, 0.4) is 0 Å². The number of carbonyl (C=O) groups excluding carboxylic acids is 2. The van der Waals surface area contributed by atoms with Gasteiger partial charge in [-0.25, -0.2) is 14.0 Å². The second-order valence-electron chi connectivity index (χ2n) is 9.31. The van der Waals surface area contributed by atoms with Crippen molar-refractivity contribution in [2.45, 2.75) is 58.0 Å². The zero-order chi connectivity index (χ0) is 21.6. The van der Waals surface area contributed by atoms with Crippen molar-refractivity contribution < 1.29 is 28.2 Å². The number of hydrogen-bond donors (Lipinski definition) is 0. The normalized spacial score (nSPS) is 27.2. The highest BCUT2D eigenvalue weighted by Gasteiger charge is 2.38. The van der Waals surface area contributed by atoms with Crippen LogP contribution in [0.2, 0.25) is 0 Å². The van der Waals surface area contributed by atoms with Crippen LogP contribution in [-0.4, -0.2) is 72.4 Å². The van der Waals surface area contributed by atoms with Gasteiger partial charge in [0.2, 0.25) is 0 Å². The Morgan fingerprint density at radius 1 is 1.23 bits per heavy atom. The van der Waals surface area contributed by atoms with E-state index in [4.69, 9.17) is 14.2 Å². The Kier molecular flexibility index (Phi) is 5.48. The van der Waals surface area contributed by atoms with Gasteiger partial charge >= 0.3 is 12.1 Å². The average Bonchev–Trinajstić information content (AvgIpc) is 2.66.